The quantitative estimate of drug-likeness (QED) is 0.627. The molecule has 2 rings (SSSR count). The number of fused-ring (bicyclic) bond motifs is 1. The maximum Gasteiger partial charge on any atom is 0.416 e. The molecule has 0 radical (unpaired) electrons. The van der Waals surface area contributed by atoms with E-state index in [9.17, 15) is 22.4 Å². The van der Waals surface area contributed by atoms with Gasteiger partial charge in [-0.3, -0.25) is 4.79 Å². The van der Waals surface area contributed by atoms with Gasteiger partial charge in [-0.2, -0.15) is 13.2 Å². The maximum atomic E-state index is 13.1. The molecule has 0 unspecified atom stereocenters. The molecule has 0 aliphatic carbocycles. The van der Waals surface area contributed by atoms with E-state index >= 15 is 0 Å². The van der Waals surface area contributed by atoms with Crippen molar-refractivity contribution in [2.45, 2.75) is 6.18 Å². The maximum absolute atomic E-state index is 13.1. The molecule has 0 bridgehead atoms. The van der Waals surface area contributed by atoms with Gasteiger partial charge in [0.2, 0.25) is 5.78 Å². The molecule has 0 fully saturated rings. The molecule has 1 aromatic rings. The summed E-state index contributed by atoms with van der Waals surface area (Å²) in [4.78, 5) is 11.0. The van der Waals surface area contributed by atoms with Crippen molar-refractivity contribution in [3.8, 4) is 5.75 Å². The van der Waals surface area contributed by atoms with Crippen LogP contribution in [0.3, 0.4) is 0 Å². The number of rotatable bonds is 0. The smallest absolute Gasteiger partial charge is 0.416 e. The highest BCUT2D eigenvalue weighted by molar-refractivity contribution is 6.02. The van der Waals surface area contributed by atoms with Crippen LogP contribution in [0.2, 0.25) is 0 Å². The highest BCUT2D eigenvalue weighted by Crippen LogP contribution is 2.36. The molecule has 0 saturated heterocycles. The first-order valence-corrected chi connectivity index (χ1v) is 3.96. The lowest BCUT2D eigenvalue weighted by molar-refractivity contribution is -0.137. The predicted octanol–water partition coefficient (Wildman–Crippen LogP) is 2.42. The number of alkyl halides is 3. The molecule has 80 valence electrons. The first-order valence-electron chi connectivity index (χ1n) is 3.96. The Hall–Kier alpha value is -1.59. The van der Waals surface area contributed by atoms with Gasteiger partial charge in [-0.05, 0) is 12.1 Å². The van der Waals surface area contributed by atoms with Gasteiger partial charge >= 0.3 is 6.18 Å². The molecule has 6 heteroatoms. The fourth-order valence-corrected chi connectivity index (χ4v) is 1.35. The van der Waals surface area contributed by atoms with Crippen LogP contribution in [-0.4, -0.2) is 12.4 Å². The van der Waals surface area contributed by atoms with E-state index in [4.69, 9.17) is 0 Å². The average molecular weight is 220 g/mol. The molecular formula is C9H4F4O2. The molecule has 0 atom stereocenters. The molecule has 15 heavy (non-hydrogen) atoms. The highest BCUT2D eigenvalue weighted by atomic mass is 19.4. The first-order chi connectivity index (χ1) is 6.89. The Labute approximate surface area is 81.5 Å². The predicted molar refractivity (Wildman–Crippen MR) is 41.2 cm³/mol. The van der Waals surface area contributed by atoms with Crippen LogP contribution in [0.5, 0.6) is 5.75 Å². The van der Waals surface area contributed by atoms with Gasteiger partial charge in [-0.25, -0.2) is 4.39 Å². The molecule has 1 aromatic carbocycles. The fraction of sp³-hybridized carbons (Fsp3) is 0.222. The van der Waals surface area contributed by atoms with Gasteiger partial charge in [0.25, 0.3) is 0 Å². The lowest BCUT2D eigenvalue weighted by Crippen LogP contribution is -2.06. The summed E-state index contributed by atoms with van der Waals surface area (Å²) >= 11 is 0. The van der Waals surface area contributed by atoms with Gasteiger partial charge in [-0.1, -0.05) is 0 Å². The van der Waals surface area contributed by atoms with E-state index in [-0.39, 0.29) is 5.75 Å². The summed E-state index contributed by atoms with van der Waals surface area (Å²) < 4.78 is 54.4. The zero-order chi connectivity index (χ0) is 11.2. The van der Waals surface area contributed by atoms with E-state index in [0.717, 1.165) is 0 Å². The van der Waals surface area contributed by atoms with Crippen molar-refractivity contribution in [1.29, 1.82) is 0 Å². The molecule has 2 nitrogen and oxygen atoms in total. The van der Waals surface area contributed by atoms with Gasteiger partial charge in [0.15, 0.2) is 6.61 Å². The summed E-state index contributed by atoms with van der Waals surface area (Å²) in [5.41, 5.74) is -1.56. The number of halogens is 4. The summed E-state index contributed by atoms with van der Waals surface area (Å²) in [6, 6.07) is 0.925. The Morgan fingerprint density at radius 1 is 1.27 bits per heavy atom. The molecule has 0 amide bonds. The molecule has 0 aromatic heterocycles. The minimum atomic E-state index is -4.65. The number of benzene rings is 1. The van der Waals surface area contributed by atoms with Gasteiger partial charge in [0, 0.05) is 0 Å². The Bertz CT molecular complexity index is 436. The number of carbonyl (C=O) groups excluding carboxylic acids is 1. The van der Waals surface area contributed by atoms with Crippen LogP contribution in [0, 0.1) is 5.82 Å². The van der Waals surface area contributed by atoms with Crippen molar-refractivity contribution in [3.63, 3.8) is 0 Å². The average Bonchev–Trinajstić information content (AvgIpc) is 2.46. The van der Waals surface area contributed by atoms with Crippen molar-refractivity contribution < 1.29 is 27.1 Å². The van der Waals surface area contributed by atoms with E-state index in [1.165, 1.54) is 0 Å². The van der Waals surface area contributed by atoms with Crippen LogP contribution in [0.4, 0.5) is 17.6 Å². The van der Waals surface area contributed by atoms with E-state index in [2.05, 4.69) is 4.74 Å². The van der Waals surface area contributed by atoms with Crippen LogP contribution in [0.1, 0.15) is 15.9 Å². The lowest BCUT2D eigenvalue weighted by atomic mass is 10.1. The van der Waals surface area contributed by atoms with Crippen LogP contribution in [0.15, 0.2) is 12.1 Å². The second-order valence-corrected chi connectivity index (χ2v) is 3.04. The lowest BCUT2D eigenvalue weighted by Gasteiger charge is -2.08. The number of carbonyl (C=O) groups is 1. The molecule has 0 N–H and O–H groups in total. The molecule has 0 spiro atoms. The minimum absolute atomic E-state index is 0.297. The third-order valence-electron chi connectivity index (χ3n) is 2.02. The Balaban J connectivity index is 2.59. The Morgan fingerprint density at radius 2 is 1.93 bits per heavy atom. The Kier molecular flexibility index (Phi) is 1.95. The second kappa shape index (κ2) is 2.95. The first kappa shape index (κ1) is 9.95. The van der Waals surface area contributed by atoms with E-state index in [1.807, 2.05) is 0 Å². The highest BCUT2D eigenvalue weighted by Gasteiger charge is 2.35. The van der Waals surface area contributed by atoms with Crippen molar-refractivity contribution >= 4 is 5.78 Å². The normalized spacial score (nSPS) is 15.1. The summed E-state index contributed by atoms with van der Waals surface area (Å²) in [5.74, 6) is -2.18. The molecule has 1 heterocycles. The van der Waals surface area contributed by atoms with Crippen LogP contribution < -0.4 is 4.74 Å². The van der Waals surface area contributed by atoms with Crippen molar-refractivity contribution in [2.75, 3.05) is 6.61 Å². The molecular weight excluding hydrogens is 216 g/mol. The molecule has 0 saturated carbocycles. The number of ether oxygens (including phenoxy) is 1. The van der Waals surface area contributed by atoms with Crippen LogP contribution in [0.25, 0.3) is 0 Å². The zero-order valence-electron chi connectivity index (χ0n) is 7.19. The van der Waals surface area contributed by atoms with Crippen molar-refractivity contribution in [2.24, 2.45) is 0 Å². The molecule has 1 aliphatic rings. The zero-order valence-corrected chi connectivity index (χ0v) is 7.19. The van der Waals surface area contributed by atoms with Gasteiger partial charge in [-0.15, -0.1) is 0 Å². The number of ketones is 1. The summed E-state index contributed by atoms with van der Waals surface area (Å²) in [7, 11) is 0. The summed E-state index contributed by atoms with van der Waals surface area (Å²) in [5, 5.41) is 0. The van der Waals surface area contributed by atoms with Crippen LogP contribution >= 0.6 is 0 Å². The standard InChI is InChI=1S/C9H4F4O2/c10-5-1-4(9(11,12)13)2-7-8(5)6(14)3-15-7/h1-2H,3H2. The molecule has 1 aliphatic heterocycles. The third kappa shape index (κ3) is 1.55. The van der Waals surface area contributed by atoms with E-state index < -0.39 is 35.5 Å². The van der Waals surface area contributed by atoms with Gasteiger partial charge in [0.1, 0.15) is 11.6 Å². The number of hydrogen-bond donors (Lipinski definition) is 0. The van der Waals surface area contributed by atoms with E-state index in [1.54, 1.807) is 0 Å². The van der Waals surface area contributed by atoms with Crippen LogP contribution in [-0.2, 0) is 6.18 Å². The Morgan fingerprint density at radius 3 is 2.53 bits per heavy atom. The number of Topliss-reactive ketones (excluding diaryl/α,β-unsaturated/α-hetero) is 1. The summed E-state index contributed by atoms with van der Waals surface area (Å²) in [6.45, 7) is -0.409. The third-order valence-corrected chi connectivity index (χ3v) is 2.02. The van der Waals surface area contributed by atoms with Gasteiger partial charge < -0.3 is 4.74 Å². The largest absolute Gasteiger partial charge is 0.485 e. The van der Waals surface area contributed by atoms with Crippen molar-refractivity contribution in [3.05, 3.63) is 29.1 Å². The second-order valence-electron chi connectivity index (χ2n) is 3.04. The number of hydrogen-bond acceptors (Lipinski definition) is 2. The topological polar surface area (TPSA) is 26.3 Å². The fourth-order valence-electron chi connectivity index (χ4n) is 1.35. The minimum Gasteiger partial charge on any atom is -0.485 e. The van der Waals surface area contributed by atoms with Crippen molar-refractivity contribution in [1.82, 2.24) is 0 Å². The van der Waals surface area contributed by atoms with E-state index in [0.29, 0.717) is 12.1 Å². The monoisotopic (exact) mass is 220 g/mol. The van der Waals surface area contributed by atoms with Gasteiger partial charge in [0.05, 0.1) is 11.1 Å². The SMILES string of the molecule is O=C1COc2cc(C(F)(F)F)cc(F)c21. The summed E-state index contributed by atoms with van der Waals surface area (Å²) in [6.07, 6.45) is -4.65.